The highest BCUT2D eigenvalue weighted by Gasteiger charge is 2.17. The predicted molar refractivity (Wildman–Crippen MR) is 71.2 cm³/mol. The van der Waals surface area contributed by atoms with E-state index < -0.39 is 0 Å². The smallest absolute Gasteiger partial charge is 0.0643 e. The summed E-state index contributed by atoms with van der Waals surface area (Å²) in [4.78, 5) is 1.38. The lowest BCUT2D eigenvalue weighted by Crippen LogP contribution is -2.45. The largest absolute Gasteiger partial charge is 0.378 e. The molecule has 88 valence electrons. The van der Waals surface area contributed by atoms with E-state index in [0.29, 0.717) is 6.04 Å². The zero-order valence-corrected chi connectivity index (χ0v) is 10.4. The Bertz CT molecular complexity index is 476. The fourth-order valence-corrected chi connectivity index (χ4v) is 2.70. The molecule has 1 saturated heterocycles. The highest BCUT2D eigenvalue weighted by molar-refractivity contribution is 7.10. The quantitative estimate of drug-likeness (QED) is 0.894. The molecule has 0 amide bonds. The SMILES string of the molecule is c1ccc(-c2csc(CNC3COC3)c2)cc1. The zero-order valence-electron chi connectivity index (χ0n) is 9.56. The molecule has 1 aromatic heterocycles. The van der Waals surface area contributed by atoms with Crippen molar-refractivity contribution in [3.05, 3.63) is 46.7 Å². The molecular formula is C14H15NOS. The Morgan fingerprint density at radius 2 is 2.00 bits per heavy atom. The first kappa shape index (κ1) is 11.0. The van der Waals surface area contributed by atoms with Gasteiger partial charge < -0.3 is 10.1 Å². The van der Waals surface area contributed by atoms with Crippen LogP contribution in [0.1, 0.15) is 4.88 Å². The van der Waals surface area contributed by atoms with E-state index >= 15 is 0 Å². The second-order valence-electron chi connectivity index (χ2n) is 4.28. The number of rotatable bonds is 4. The second kappa shape index (κ2) is 5.00. The molecule has 0 aliphatic carbocycles. The third kappa shape index (κ3) is 2.57. The Balaban J connectivity index is 1.65. The maximum Gasteiger partial charge on any atom is 0.0643 e. The van der Waals surface area contributed by atoms with Crippen molar-refractivity contribution in [1.29, 1.82) is 0 Å². The lowest BCUT2D eigenvalue weighted by Gasteiger charge is -2.26. The van der Waals surface area contributed by atoms with Crippen LogP contribution in [-0.2, 0) is 11.3 Å². The van der Waals surface area contributed by atoms with Gasteiger partial charge >= 0.3 is 0 Å². The first-order chi connectivity index (χ1) is 8.42. The molecule has 0 bridgehead atoms. The average molecular weight is 245 g/mol. The van der Waals surface area contributed by atoms with Crippen LogP contribution in [0, 0.1) is 0 Å². The van der Waals surface area contributed by atoms with Gasteiger partial charge in [0.1, 0.15) is 0 Å². The molecule has 2 heterocycles. The summed E-state index contributed by atoms with van der Waals surface area (Å²) in [5, 5.41) is 5.71. The molecular weight excluding hydrogens is 230 g/mol. The first-order valence-corrected chi connectivity index (χ1v) is 6.74. The van der Waals surface area contributed by atoms with Crippen molar-refractivity contribution in [3.63, 3.8) is 0 Å². The number of hydrogen-bond acceptors (Lipinski definition) is 3. The Kier molecular flexibility index (Phi) is 3.22. The standard InChI is InChI=1S/C14H15NOS/c1-2-4-11(5-3-1)12-6-14(17-10-12)7-15-13-8-16-9-13/h1-6,10,13,15H,7-9H2. The Morgan fingerprint density at radius 1 is 1.18 bits per heavy atom. The van der Waals surface area contributed by atoms with Gasteiger partial charge in [0.2, 0.25) is 0 Å². The molecule has 0 unspecified atom stereocenters. The van der Waals surface area contributed by atoms with Gasteiger partial charge in [0.25, 0.3) is 0 Å². The summed E-state index contributed by atoms with van der Waals surface area (Å²) < 4.78 is 5.14. The van der Waals surface area contributed by atoms with Gasteiger partial charge in [0.05, 0.1) is 19.3 Å². The Morgan fingerprint density at radius 3 is 2.71 bits per heavy atom. The molecule has 0 spiro atoms. The number of ether oxygens (including phenoxy) is 1. The third-order valence-electron chi connectivity index (χ3n) is 2.96. The molecule has 3 heteroatoms. The number of benzene rings is 1. The van der Waals surface area contributed by atoms with Crippen LogP contribution in [0.3, 0.4) is 0 Å². The van der Waals surface area contributed by atoms with E-state index in [1.807, 2.05) is 11.3 Å². The Hall–Kier alpha value is -1.16. The van der Waals surface area contributed by atoms with Crippen molar-refractivity contribution in [3.8, 4) is 11.1 Å². The van der Waals surface area contributed by atoms with Gasteiger partial charge in [0.15, 0.2) is 0 Å². The lowest BCUT2D eigenvalue weighted by molar-refractivity contribution is -0.00567. The van der Waals surface area contributed by atoms with Crippen LogP contribution < -0.4 is 5.32 Å². The molecule has 0 radical (unpaired) electrons. The summed E-state index contributed by atoms with van der Waals surface area (Å²) in [6.07, 6.45) is 0. The molecule has 2 aromatic rings. The van der Waals surface area contributed by atoms with Gasteiger partial charge in [-0.25, -0.2) is 0 Å². The van der Waals surface area contributed by atoms with Gasteiger partial charge in [-0.2, -0.15) is 0 Å². The highest BCUT2D eigenvalue weighted by atomic mass is 32.1. The molecule has 1 aliphatic heterocycles. The van der Waals surface area contributed by atoms with Crippen LogP contribution in [0.25, 0.3) is 11.1 Å². The van der Waals surface area contributed by atoms with Gasteiger partial charge in [-0.1, -0.05) is 30.3 Å². The molecule has 2 nitrogen and oxygen atoms in total. The van der Waals surface area contributed by atoms with E-state index in [-0.39, 0.29) is 0 Å². The van der Waals surface area contributed by atoms with E-state index in [2.05, 4.69) is 47.1 Å². The molecule has 0 saturated carbocycles. The van der Waals surface area contributed by atoms with Gasteiger partial charge in [-0.15, -0.1) is 11.3 Å². The minimum Gasteiger partial charge on any atom is -0.378 e. The van der Waals surface area contributed by atoms with Crippen molar-refractivity contribution >= 4 is 11.3 Å². The molecule has 1 N–H and O–H groups in total. The van der Waals surface area contributed by atoms with E-state index in [4.69, 9.17) is 4.74 Å². The van der Waals surface area contributed by atoms with Crippen LogP contribution in [-0.4, -0.2) is 19.3 Å². The Labute approximate surface area is 105 Å². The summed E-state index contributed by atoms with van der Waals surface area (Å²) in [7, 11) is 0. The van der Waals surface area contributed by atoms with E-state index in [1.54, 1.807) is 0 Å². The summed E-state index contributed by atoms with van der Waals surface area (Å²) in [6.45, 7) is 2.67. The molecule has 1 aliphatic rings. The van der Waals surface area contributed by atoms with Crippen LogP contribution in [0.5, 0.6) is 0 Å². The van der Waals surface area contributed by atoms with Crippen molar-refractivity contribution in [2.75, 3.05) is 13.2 Å². The van der Waals surface area contributed by atoms with Gasteiger partial charge in [-0.3, -0.25) is 0 Å². The average Bonchev–Trinajstić information content (AvgIpc) is 2.77. The minimum atomic E-state index is 0.553. The third-order valence-corrected chi connectivity index (χ3v) is 3.90. The molecule has 0 atom stereocenters. The summed E-state index contributed by atoms with van der Waals surface area (Å²) in [5.41, 5.74) is 2.61. The van der Waals surface area contributed by atoms with Gasteiger partial charge in [-0.05, 0) is 22.6 Å². The second-order valence-corrected chi connectivity index (χ2v) is 5.28. The van der Waals surface area contributed by atoms with Crippen molar-refractivity contribution in [2.45, 2.75) is 12.6 Å². The predicted octanol–water partition coefficient (Wildman–Crippen LogP) is 2.90. The normalized spacial score (nSPS) is 15.8. The minimum absolute atomic E-state index is 0.553. The topological polar surface area (TPSA) is 21.3 Å². The molecule has 17 heavy (non-hydrogen) atoms. The number of thiophene rings is 1. The van der Waals surface area contributed by atoms with Crippen LogP contribution in [0.4, 0.5) is 0 Å². The summed E-state index contributed by atoms with van der Waals surface area (Å²) >= 11 is 1.82. The van der Waals surface area contributed by atoms with Crippen LogP contribution in [0.2, 0.25) is 0 Å². The monoisotopic (exact) mass is 245 g/mol. The van der Waals surface area contributed by atoms with E-state index in [0.717, 1.165) is 19.8 Å². The van der Waals surface area contributed by atoms with Crippen molar-refractivity contribution < 1.29 is 4.74 Å². The summed E-state index contributed by atoms with van der Waals surface area (Å²) in [5.74, 6) is 0. The maximum absolute atomic E-state index is 5.14. The van der Waals surface area contributed by atoms with Crippen molar-refractivity contribution in [1.82, 2.24) is 5.32 Å². The fourth-order valence-electron chi connectivity index (χ4n) is 1.85. The number of hydrogen-bond donors (Lipinski definition) is 1. The van der Waals surface area contributed by atoms with E-state index in [9.17, 15) is 0 Å². The molecule has 1 aromatic carbocycles. The first-order valence-electron chi connectivity index (χ1n) is 5.86. The van der Waals surface area contributed by atoms with Crippen LogP contribution in [0.15, 0.2) is 41.8 Å². The fraction of sp³-hybridized carbons (Fsp3) is 0.286. The molecule has 3 rings (SSSR count). The van der Waals surface area contributed by atoms with Crippen LogP contribution >= 0.6 is 11.3 Å². The highest BCUT2D eigenvalue weighted by Crippen LogP contribution is 2.25. The lowest BCUT2D eigenvalue weighted by atomic mass is 10.1. The van der Waals surface area contributed by atoms with Gasteiger partial charge in [0, 0.05) is 11.4 Å². The summed E-state index contributed by atoms with van der Waals surface area (Å²) in [6, 6.07) is 13.3. The maximum atomic E-state index is 5.14. The molecule has 1 fully saturated rings. The van der Waals surface area contributed by atoms with Crippen molar-refractivity contribution in [2.24, 2.45) is 0 Å². The number of nitrogens with one attached hydrogen (secondary N) is 1. The van der Waals surface area contributed by atoms with E-state index in [1.165, 1.54) is 16.0 Å². The zero-order chi connectivity index (χ0) is 11.5.